The zero-order valence-electron chi connectivity index (χ0n) is 9.43. The second-order valence-electron chi connectivity index (χ2n) is 3.36. The predicted octanol–water partition coefficient (Wildman–Crippen LogP) is 2.24. The maximum atomic E-state index is 13.1. The minimum atomic E-state index is -0.587. The van der Waals surface area contributed by atoms with E-state index < -0.39 is 11.8 Å². The largest absolute Gasteiger partial charge is 0.461 e. The summed E-state index contributed by atoms with van der Waals surface area (Å²) in [7, 11) is 0. The molecular weight excluding hydrogens is 261 g/mol. The lowest BCUT2D eigenvalue weighted by molar-refractivity contribution is 0.0519. The van der Waals surface area contributed by atoms with Gasteiger partial charge in [-0.3, -0.25) is 0 Å². The van der Waals surface area contributed by atoms with Crippen LogP contribution in [0.5, 0.6) is 0 Å². The molecule has 0 aliphatic rings. The molecule has 0 radical (unpaired) electrons. The summed E-state index contributed by atoms with van der Waals surface area (Å²) in [5.74, 6) is -1.04. The van der Waals surface area contributed by atoms with Crippen LogP contribution >= 0.6 is 11.6 Å². The highest BCUT2D eigenvalue weighted by Gasteiger charge is 2.14. The summed E-state index contributed by atoms with van der Waals surface area (Å²) in [6.45, 7) is 1.93. The molecule has 0 saturated carbocycles. The number of carbonyl (C=O) groups is 1. The molecule has 0 atom stereocenters. The van der Waals surface area contributed by atoms with E-state index in [1.165, 1.54) is 29.1 Å². The summed E-state index contributed by atoms with van der Waals surface area (Å²) in [6, 6.07) is 3.83. The van der Waals surface area contributed by atoms with E-state index in [0.29, 0.717) is 10.7 Å². The van der Waals surface area contributed by atoms with Gasteiger partial charge in [0.2, 0.25) is 0 Å². The summed E-state index contributed by atoms with van der Waals surface area (Å²) in [5.41, 5.74) is 0.344. The van der Waals surface area contributed by atoms with Gasteiger partial charge >= 0.3 is 5.97 Å². The molecule has 7 heteroatoms. The molecule has 0 fully saturated rings. The molecule has 0 saturated heterocycles. The van der Waals surface area contributed by atoms with Gasteiger partial charge in [0, 0.05) is 6.07 Å². The molecule has 94 valence electrons. The van der Waals surface area contributed by atoms with Crippen molar-refractivity contribution in [1.82, 2.24) is 15.0 Å². The molecule has 1 aromatic heterocycles. The van der Waals surface area contributed by atoms with Crippen LogP contribution in [0.15, 0.2) is 24.4 Å². The number of hydrogen-bond donors (Lipinski definition) is 0. The summed E-state index contributed by atoms with van der Waals surface area (Å²) < 4.78 is 19.1. The van der Waals surface area contributed by atoms with E-state index in [9.17, 15) is 9.18 Å². The van der Waals surface area contributed by atoms with Crippen LogP contribution in [0.2, 0.25) is 5.02 Å². The van der Waals surface area contributed by atoms with Gasteiger partial charge in [-0.05, 0) is 19.1 Å². The lowest BCUT2D eigenvalue weighted by Crippen LogP contribution is -2.04. The number of carbonyl (C=O) groups excluding carboxylic acids is 1. The first-order valence-electron chi connectivity index (χ1n) is 5.16. The van der Waals surface area contributed by atoms with Crippen LogP contribution < -0.4 is 0 Å². The van der Waals surface area contributed by atoms with Gasteiger partial charge in [-0.1, -0.05) is 16.8 Å². The highest BCUT2D eigenvalue weighted by molar-refractivity contribution is 6.32. The van der Waals surface area contributed by atoms with Crippen molar-refractivity contribution in [1.29, 1.82) is 0 Å². The van der Waals surface area contributed by atoms with Crippen molar-refractivity contribution >= 4 is 17.6 Å². The van der Waals surface area contributed by atoms with E-state index in [2.05, 4.69) is 10.3 Å². The van der Waals surface area contributed by atoms with Crippen molar-refractivity contribution in [2.45, 2.75) is 6.92 Å². The fourth-order valence-corrected chi connectivity index (χ4v) is 1.55. The van der Waals surface area contributed by atoms with Crippen LogP contribution in [0.25, 0.3) is 5.69 Å². The second kappa shape index (κ2) is 5.14. The van der Waals surface area contributed by atoms with E-state index in [-0.39, 0.29) is 12.3 Å². The van der Waals surface area contributed by atoms with E-state index in [1.807, 2.05) is 0 Å². The van der Waals surface area contributed by atoms with E-state index >= 15 is 0 Å². The monoisotopic (exact) mass is 269 g/mol. The first-order chi connectivity index (χ1) is 8.61. The SMILES string of the molecule is CCOC(=O)c1cn(-c2cc(F)ccc2Cl)nn1. The Kier molecular flexibility index (Phi) is 3.57. The van der Waals surface area contributed by atoms with Gasteiger partial charge in [-0.2, -0.15) is 0 Å². The molecule has 0 spiro atoms. The molecule has 0 amide bonds. The van der Waals surface area contributed by atoms with Gasteiger partial charge in [0.15, 0.2) is 5.69 Å². The average Bonchev–Trinajstić information content (AvgIpc) is 2.82. The van der Waals surface area contributed by atoms with Crippen LogP contribution in [0.3, 0.4) is 0 Å². The standard InChI is InChI=1S/C11H9ClFN3O2/c1-2-18-11(17)9-6-16(15-14-9)10-5-7(13)3-4-8(10)12/h3-6H,2H2,1H3. The molecular formula is C11H9ClFN3O2. The average molecular weight is 270 g/mol. The van der Waals surface area contributed by atoms with Crippen molar-refractivity contribution in [2.75, 3.05) is 6.61 Å². The molecule has 0 aliphatic heterocycles. The Hall–Kier alpha value is -1.95. The summed E-state index contributed by atoms with van der Waals surface area (Å²) in [4.78, 5) is 11.4. The van der Waals surface area contributed by atoms with E-state index in [1.54, 1.807) is 6.92 Å². The van der Waals surface area contributed by atoms with Gasteiger partial charge in [-0.15, -0.1) is 5.10 Å². The highest BCUT2D eigenvalue weighted by Crippen LogP contribution is 2.20. The van der Waals surface area contributed by atoms with Crippen LogP contribution in [-0.2, 0) is 4.74 Å². The molecule has 0 unspecified atom stereocenters. The van der Waals surface area contributed by atoms with Gasteiger partial charge < -0.3 is 4.74 Å². The zero-order chi connectivity index (χ0) is 13.1. The molecule has 1 heterocycles. The number of halogens is 2. The van der Waals surface area contributed by atoms with Gasteiger partial charge in [0.25, 0.3) is 0 Å². The van der Waals surface area contributed by atoms with Crippen molar-refractivity contribution in [3.8, 4) is 5.69 Å². The number of rotatable bonds is 3. The fraction of sp³-hybridized carbons (Fsp3) is 0.182. The number of nitrogens with zero attached hydrogens (tertiary/aromatic N) is 3. The number of benzene rings is 1. The Balaban J connectivity index is 2.35. The number of aromatic nitrogens is 3. The Bertz CT molecular complexity index is 585. The second-order valence-corrected chi connectivity index (χ2v) is 3.77. The highest BCUT2D eigenvalue weighted by atomic mass is 35.5. The number of esters is 1. The minimum absolute atomic E-state index is 0.0391. The van der Waals surface area contributed by atoms with E-state index in [0.717, 1.165) is 0 Å². The Morgan fingerprint density at radius 1 is 1.56 bits per heavy atom. The normalized spacial score (nSPS) is 10.4. The maximum absolute atomic E-state index is 13.1. The third-order valence-corrected chi connectivity index (χ3v) is 2.45. The molecule has 1 aromatic carbocycles. The Labute approximate surface area is 107 Å². The van der Waals surface area contributed by atoms with Crippen molar-refractivity contribution in [2.24, 2.45) is 0 Å². The lowest BCUT2D eigenvalue weighted by Gasteiger charge is -2.02. The van der Waals surface area contributed by atoms with Gasteiger partial charge in [0.05, 0.1) is 23.5 Å². The van der Waals surface area contributed by atoms with Crippen molar-refractivity contribution in [3.05, 3.63) is 40.9 Å². The topological polar surface area (TPSA) is 57.0 Å². The number of hydrogen-bond acceptors (Lipinski definition) is 4. The fourth-order valence-electron chi connectivity index (χ4n) is 1.34. The third-order valence-electron chi connectivity index (χ3n) is 2.13. The zero-order valence-corrected chi connectivity index (χ0v) is 10.2. The minimum Gasteiger partial charge on any atom is -0.461 e. The molecule has 18 heavy (non-hydrogen) atoms. The molecule has 2 rings (SSSR count). The van der Waals surface area contributed by atoms with Gasteiger partial charge in [-0.25, -0.2) is 13.9 Å². The van der Waals surface area contributed by atoms with E-state index in [4.69, 9.17) is 16.3 Å². The quantitative estimate of drug-likeness (QED) is 0.802. The maximum Gasteiger partial charge on any atom is 0.360 e. The van der Waals surface area contributed by atoms with Gasteiger partial charge in [0.1, 0.15) is 5.82 Å². The smallest absolute Gasteiger partial charge is 0.360 e. The lowest BCUT2D eigenvalue weighted by atomic mass is 10.3. The van der Waals surface area contributed by atoms with Crippen LogP contribution in [0, 0.1) is 5.82 Å². The van der Waals surface area contributed by atoms with Crippen LogP contribution in [-0.4, -0.2) is 27.6 Å². The first kappa shape index (κ1) is 12.5. The summed E-state index contributed by atoms with van der Waals surface area (Å²) >= 11 is 5.91. The van der Waals surface area contributed by atoms with Crippen LogP contribution in [0.4, 0.5) is 4.39 Å². The summed E-state index contributed by atoms with van der Waals surface area (Å²) in [6.07, 6.45) is 1.33. The Morgan fingerprint density at radius 3 is 3.06 bits per heavy atom. The summed E-state index contributed by atoms with van der Waals surface area (Å²) in [5, 5.41) is 7.65. The van der Waals surface area contributed by atoms with Crippen molar-refractivity contribution < 1.29 is 13.9 Å². The first-order valence-corrected chi connectivity index (χ1v) is 5.54. The molecule has 0 N–H and O–H groups in total. The van der Waals surface area contributed by atoms with Crippen molar-refractivity contribution in [3.63, 3.8) is 0 Å². The Morgan fingerprint density at radius 2 is 2.33 bits per heavy atom. The molecule has 0 aliphatic carbocycles. The third kappa shape index (κ3) is 2.48. The molecule has 0 bridgehead atoms. The predicted molar refractivity (Wildman–Crippen MR) is 62.3 cm³/mol. The number of ether oxygens (including phenoxy) is 1. The molecule has 2 aromatic rings. The molecule has 5 nitrogen and oxygen atoms in total. The van der Waals surface area contributed by atoms with Crippen LogP contribution in [0.1, 0.15) is 17.4 Å².